The maximum atomic E-state index is 13.0. The van der Waals surface area contributed by atoms with E-state index in [1.54, 1.807) is 24.3 Å². The second-order valence-electron chi connectivity index (χ2n) is 7.86. The Bertz CT molecular complexity index is 638. The lowest BCUT2D eigenvalue weighted by Crippen LogP contribution is -2.52. The van der Waals surface area contributed by atoms with Crippen molar-refractivity contribution in [2.45, 2.75) is 53.0 Å². The molecule has 0 bridgehead atoms. The van der Waals surface area contributed by atoms with Gasteiger partial charge in [-0.15, -0.1) is 0 Å². The van der Waals surface area contributed by atoms with Crippen LogP contribution in [0.5, 0.6) is 0 Å². The minimum Gasteiger partial charge on any atom is -0.399 e. The number of nitrogens with zero attached hydrogens (tertiary/aromatic N) is 1. The molecular formula is C20H31N3O4. The van der Waals surface area contributed by atoms with Crippen LogP contribution in [0.15, 0.2) is 24.3 Å². The van der Waals surface area contributed by atoms with Crippen LogP contribution in [-0.2, 0) is 9.59 Å². The number of anilines is 1. The number of carbonyl (C=O) groups excluding carboxylic acids is 3. The second-order valence-corrected chi connectivity index (χ2v) is 7.86. The lowest BCUT2D eigenvalue weighted by Gasteiger charge is -2.32. The van der Waals surface area contributed by atoms with Crippen LogP contribution in [0, 0.1) is 11.3 Å². The molecule has 0 spiro atoms. The van der Waals surface area contributed by atoms with E-state index in [1.807, 2.05) is 27.7 Å². The first-order valence-electron chi connectivity index (χ1n) is 9.21. The summed E-state index contributed by atoms with van der Waals surface area (Å²) in [5.74, 6) is -1.15. The molecule has 0 fully saturated rings. The molecule has 7 nitrogen and oxygen atoms in total. The molecule has 2 amide bonds. The molecule has 4 N–H and O–H groups in total. The van der Waals surface area contributed by atoms with Crippen LogP contribution < -0.4 is 11.1 Å². The molecule has 0 saturated heterocycles. The van der Waals surface area contributed by atoms with Gasteiger partial charge in [-0.3, -0.25) is 19.6 Å². The number of hydrogen-bond acceptors (Lipinski definition) is 5. The van der Waals surface area contributed by atoms with Crippen molar-refractivity contribution in [3.8, 4) is 0 Å². The van der Waals surface area contributed by atoms with Crippen molar-refractivity contribution in [1.82, 2.24) is 10.4 Å². The predicted octanol–water partition coefficient (Wildman–Crippen LogP) is 2.64. The van der Waals surface area contributed by atoms with Gasteiger partial charge in [-0.25, -0.2) is 5.06 Å². The van der Waals surface area contributed by atoms with Gasteiger partial charge >= 0.3 is 0 Å². The Morgan fingerprint density at radius 1 is 1.26 bits per heavy atom. The third-order valence-electron chi connectivity index (χ3n) is 4.42. The molecule has 1 aromatic carbocycles. The number of nitrogen functional groups attached to an aromatic ring is 1. The number of ketones is 1. The zero-order chi connectivity index (χ0) is 20.6. The van der Waals surface area contributed by atoms with E-state index in [2.05, 4.69) is 5.32 Å². The molecule has 27 heavy (non-hydrogen) atoms. The van der Waals surface area contributed by atoms with E-state index in [0.717, 1.165) is 12.8 Å². The van der Waals surface area contributed by atoms with Crippen molar-refractivity contribution in [1.29, 1.82) is 0 Å². The van der Waals surface area contributed by atoms with Gasteiger partial charge in [0.2, 0.25) is 12.3 Å². The molecule has 7 heteroatoms. The number of hydroxylamine groups is 2. The van der Waals surface area contributed by atoms with E-state index in [9.17, 15) is 19.6 Å². The number of nitrogens with one attached hydrogen (secondary N) is 1. The predicted molar refractivity (Wildman–Crippen MR) is 104 cm³/mol. The molecule has 0 aliphatic heterocycles. The molecule has 150 valence electrons. The van der Waals surface area contributed by atoms with Gasteiger partial charge in [0.15, 0.2) is 5.78 Å². The minimum atomic E-state index is -0.749. The van der Waals surface area contributed by atoms with Gasteiger partial charge in [0.25, 0.3) is 0 Å². The molecular weight excluding hydrogens is 346 g/mol. The van der Waals surface area contributed by atoms with Crippen LogP contribution in [-0.4, -0.2) is 41.0 Å². The lowest BCUT2D eigenvalue weighted by molar-refractivity contribution is -0.154. The van der Waals surface area contributed by atoms with Gasteiger partial charge in [0, 0.05) is 11.3 Å². The largest absolute Gasteiger partial charge is 0.399 e. The topological polar surface area (TPSA) is 113 Å². The Morgan fingerprint density at radius 2 is 1.85 bits per heavy atom. The highest BCUT2D eigenvalue weighted by Gasteiger charge is 2.35. The van der Waals surface area contributed by atoms with Crippen molar-refractivity contribution in [3.05, 3.63) is 29.8 Å². The fourth-order valence-electron chi connectivity index (χ4n) is 2.77. The van der Waals surface area contributed by atoms with E-state index < -0.39 is 17.4 Å². The Labute approximate surface area is 160 Å². The number of unbranched alkanes of at least 4 members (excludes halogenated alkanes) is 1. The summed E-state index contributed by atoms with van der Waals surface area (Å²) in [7, 11) is 0. The molecule has 0 heterocycles. The summed E-state index contributed by atoms with van der Waals surface area (Å²) in [6, 6.07) is 5.82. The van der Waals surface area contributed by atoms with Crippen LogP contribution in [0.1, 0.15) is 57.3 Å². The summed E-state index contributed by atoms with van der Waals surface area (Å²) in [6.45, 7) is 7.50. The molecule has 0 radical (unpaired) electrons. The minimum absolute atomic E-state index is 0.109. The van der Waals surface area contributed by atoms with Gasteiger partial charge < -0.3 is 11.1 Å². The number of carbonyl (C=O) groups is 3. The van der Waals surface area contributed by atoms with E-state index in [-0.39, 0.29) is 24.6 Å². The van der Waals surface area contributed by atoms with E-state index in [4.69, 9.17) is 5.73 Å². The summed E-state index contributed by atoms with van der Waals surface area (Å²) in [4.78, 5) is 36.5. The average molecular weight is 377 g/mol. The zero-order valence-corrected chi connectivity index (χ0v) is 16.6. The van der Waals surface area contributed by atoms with Crippen molar-refractivity contribution >= 4 is 23.8 Å². The highest BCUT2D eigenvalue weighted by molar-refractivity contribution is 6.02. The first-order valence-corrected chi connectivity index (χ1v) is 9.21. The van der Waals surface area contributed by atoms with Crippen LogP contribution in [0.4, 0.5) is 5.69 Å². The Balaban J connectivity index is 3.02. The van der Waals surface area contributed by atoms with Crippen molar-refractivity contribution in [2.75, 3.05) is 12.3 Å². The monoisotopic (exact) mass is 377 g/mol. The standard InChI is InChI=1S/C20H31N3O4/c1-5-6-7-15(12-23(27)13-24)19(26)22-18(20(2,3)4)17(25)14-8-10-16(21)11-9-14/h8-11,13,15,18,27H,5-7,12,21H2,1-4H3,(H,22,26)/t15?,18-/m1/s1. The highest BCUT2D eigenvalue weighted by Crippen LogP contribution is 2.24. The molecule has 1 rings (SSSR count). The van der Waals surface area contributed by atoms with Crippen LogP contribution in [0.2, 0.25) is 0 Å². The van der Waals surface area contributed by atoms with Gasteiger partial charge in [-0.05, 0) is 36.1 Å². The van der Waals surface area contributed by atoms with E-state index >= 15 is 0 Å². The molecule has 0 aliphatic carbocycles. The average Bonchev–Trinajstić information content (AvgIpc) is 2.61. The van der Waals surface area contributed by atoms with E-state index in [0.29, 0.717) is 22.7 Å². The highest BCUT2D eigenvalue weighted by atomic mass is 16.5. The smallest absolute Gasteiger partial charge is 0.233 e. The molecule has 2 atom stereocenters. The molecule has 0 saturated carbocycles. The van der Waals surface area contributed by atoms with Crippen molar-refractivity contribution in [3.63, 3.8) is 0 Å². The van der Waals surface area contributed by atoms with Crippen molar-refractivity contribution < 1.29 is 19.6 Å². The van der Waals surface area contributed by atoms with Gasteiger partial charge in [0.05, 0.1) is 18.5 Å². The third-order valence-corrected chi connectivity index (χ3v) is 4.42. The molecule has 0 aromatic heterocycles. The number of Topliss-reactive ketones (excluding diaryl/α,β-unsaturated/α-hetero) is 1. The third kappa shape index (κ3) is 7.02. The summed E-state index contributed by atoms with van der Waals surface area (Å²) in [5, 5.41) is 12.8. The molecule has 1 aromatic rings. The second kappa shape index (κ2) is 10.1. The number of benzene rings is 1. The van der Waals surface area contributed by atoms with Crippen LogP contribution >= 0.6 is 0 Å². The van der Waals surface area contributed by atoms with Gasteiger partial charge in [0.1, 0.15) is 0 Å². The number of nitrogens with two attached hydrogens (primary N) is 1. The fourth-order valence-corrected chi connectivity index (χ4v) is 2.77. The quantitative estimate of drug-likeness (QED) is 0.191. The SMILES string of the molecule is CCCCC(CN(O)C=O)C(=O)N[C@H](C(=O)c1ccc(N)cc1)C(C)(C)C. The number of amides is 2. The maximum Gasteiger partial charge on any atom is 0.233 e. The van der Waals surface area contributed by atoms with Gasteiger partial charge in [-0.2, -0.15) is 0 Å². The Hall–Kier alpha value is -2.41. The van der Waals surface area contributed by atoms with Gasteiger partial charge in [-0.1, -0.05) is 40.5 Å². The number of rotatable bonds is 10. The normalized spacial score (nSPS) is 13.5. The first-order chi connectivity index (χ1) is 12.6. The fraction of sp³-hybridized carbons (Fsp3) is 0.550. The molecule has 1 unspecified atom stereocenters. The van der Waals surface area contributed by atoms with Crippen LogP contribution in [0.25, 0.3) is 0 Å². The lowest BCUT2D eigenvalue weighted by atomic mass is 9.81. The first kappa shape index (κ1) is 22.6. The Kier molecular flexibility index (Phi) is 8.43. The molecule has 0 aliphatic rings. The summed E-state index contributed by atoms with van der Waals surface area (Å²) < 4.78 is 0. The van der Waals surface area contributed by atoms with Crippen molar-refractivity contribution in [2.24, 2.45) is 11.3 Å². The number of hydrogen-bond donors (Lipinski definition) is 3. The van der Waals surface area contributed by atoms with Crippen LogP contribution in [0.3, 0.4) is 0 Å². The maximum absolute atomic E-state index is 13.0. The zero-order valence-electron chi connectivity index (χ0n) is 16.6. The summed E-state index contributed by atoms with van der Waals surface area (Å²) in [5.41, 5.74) is 6.18. The summed E-state index contributed by atoms with van der Waals surface area (Å²) in [6.07, 6.45) is 2.44. The Morgan fingerprint density at radius 3 is 2.33 bits per heavy atom. The summed E-state index contributed by atoms with van der Waals surface area (Å²) >= 11 is 0. The van der Waals surface area contributed by atoms with E-state index in [1.165, 1.54) is 0 Å².